The minimum absolute atomic E-state index is 0.514. The molecular formula is C16H24N4O. The summed E-state index contributed by atoms with van der Waals surface area (Å²) in [6.45, 7) is 8.02. The van der Waals surface area contributed by atoms with Crippen LogP contribution in [0.3, 0.4) is 0 Å². The van der Waals surface area contributed by atoms with Crippen molar-refractivity contribution >= 4 is 11.7 Å². The van der Waals surface area contributed by atoms with Crippen LogP contribution in [-0.4, -0.2) is 23.8 Å². The highest BCUT2D eigenvalue weighted by atomic mass is 16.4. The molecule has 2 aromatic rings. The first-order valence-corrected chi connectivity index (χ1v) is 7.46. The lowest BCUT2D eigenvalue weighted by atomic mass is 10.1. The van der Waals surface area contributed by atoms with Gasteiger partial charge in [0.05, 0.1) is 6.54 Å². The van der Waals surface area contributed by atoms with Gasteiger partial charge in [-0.05, 0) is 36.6 Å². The third-order valence-electron chi connectivity index (χ3n) is 3.30. The Balaban J connectivity index is 1.98. The first-order chi connectivity index (χ1) is 10.1. The van der Waals surface area contributed by atoms with E-state index in [1.165, 1.54) is 5.56 Å². The van der Waals surface area contributed by atoms with E-state index in [4.69, 9.17) is 4.42 Å². The van der Waals surface area contributed by atoms with Crippen LogP contribution < -0.4 is 10.2 Å². The van der Waals surface area contributed by atoms with E-state index in [2.05, 4.69) is 60.6 Å². The average Bonchev–Trinajstić information content (AvgIpc) is 2.95. The molecule has 114 valence electrons. The Morgan fingerprint density at radius 3 is 2.52 bits per heavy atom. The molecule has 0 saturated carbocycles. The van der Waals surface area contributed by atoms with Crippen molar-refractivity contribution in [3.05, 3.63) is 35.7 Å². The predicted molar refractivity (Wildman–Crippen MR) is 84.7 cm³/mol. The fourth-order valence-electron chi connectivity index (χ4n) is 1.99. The zero-order valence-corrected chi connectivity index (χ0v) is 13.3. The third kappa shape index (κ3) is 4.29. The summed E-state index contributed by atoms with van der Waals surface area (Å²) >= 11 is 0. The zero-order valence-electron chi connectivity index (χ0n) is 13.3. The molecule has 0 spiro atoms. The molecule has 1 heterocycles. The minimum atomic E-state index is 0.514. The Kier molecular flexibility index (Phi) is 5.33. The van der Waals surface area contributed by atoms with Gasteiger partial charge in [-0.2, -0.15) is 0 Å². The highest BCUT2D eigenvalue weighted by Gasteiger charge is 2.12. The van der Waals surface area contributed by atoms with Gasteiger partial charge < -0.3 is 9.73 Å². The number of hydrogen-bond donors (Lipinski definition) is 1. The Labute approximate surface area is 126 Å². The molecule has 0 radical (unpaired) electrons. The second-order valence-electron chi connectivity index (χ2n) is 5.58. The van der Waals surface area contributed by atoms with Crippen molar-refractivity contribution in [1.82, 2.24) is 15.5 Å². The fraction of sp³-hybridized carbons (Fsp3) is 0.500. The van der Waals surface area contributed by atoms with Gasteiger partial charge in [0.1, 0.15) is 0 Å². The van der Waals surface area contributed by atoms with E-state index in [0.717, 1.165) is 18.7 Å². The SMILES string of the molecule is CCc1ccc(N(C)c2nnc(CNCC(C)C)o2)cc1. The molecule has 1 aromatic heterocycles. The van der Waals surface area contributed by atoms with E-state index in [1.54, 1.807) is 0 Å². The average molecular weight is 288 g/mol. The normalized spacial score (nSPS) is 11.1. The third-order valence-corrected chi connectivity index (χ3v) is 3.30. The molecule has 0 aliphatic carbocycles. The molecule has 0 amide bonds. The monoisotopic (exact) mass is 288 g/mol. The second kappa shape index (κ2) is 7.22. The quantitative estimate of drug-likeness (QED) is 0.848. The summed E-state index contributed by atoms with van der Waals surface area (Å²) in [5, 5.41) is 11.5. The van der Waals surface area contributed by atoms with Crippen LogP contribution in [0.1, 0.15) is 32.2 Å². The topological polar surface area (TPSA) is 54.2 Å². The first-order valence-electron chi connectivity index (χ1n) is 7.46. The number of nitrogens with one attached hydrogen (secondary N) is 1. The van der Waals surface area contributed by atoms with Gasteiger partial charge in [0, 0.05) is 12.7 Å². The van der Waals surface area contributed by atoms with Gasteiger partial charge in [-0.3, -0.25) is 4.90 Å². The van der Waals surface area contributed by atoms with Crippen LogP contribution in [0, 0.1) is 5.92 Å². The lowest BCUT2D eigenvalue weighted by molar-refractivity contribution is 0.455. The molecule has 21 heavy (non-hydrogen) atoms. The summed E-state index contributed by atoms with van der Waals surface area (Å²) in [7, 11) is 1.93. The van der Waals surface area contributed by atoms with E-state index >= 15 is 0 Å². The molecule has 2 rings (SSSR count). The number of hydrogen-bond acceptors (Lipinski definition) is 5. The van der Waals surface area contributed by atoms with E-state index in [9.17, 15) is 0 Å². The van der Waals surface area contributed by atoms with Gasteiger partial charge in [-0.1, -0.05) is 38.0 Å². The summed E-state index contributed by atoms with van der Waals surface area (Å²) in [4.78, 5) is 1.90. The molecule has 5 heteroatoms. The van der Waals surface area contributed by atoms with E-state index in [1.807, 2.05) is 11.9 Å². The molecule has 1 aromatic carbocycles. The molecule has 5 nitrogen and oxygen atoms in total. The minimum Gasteiger partial charge on any atom is -0.406 e. The van der Waals surface area contributed by atoms with Crippen LogP contribution in [0.4, 0.5) is 11.7 Å². The van der Waals surface area contributed by atoms with Crippen molar-refractivity contribution in [3.8, 4) is 0 Å². The van der Waals surface area contributed by atoms with Crippen LogP contribution in [0.15, 0.2) is 28.7 Å². The van der Waals surface area contributed by atoms with Crippen LogP contribution in [0.2, 0.25) is 0 Å². The molecule has 0 saturated heterocycles. The van der Waals surface area contributed by atoms with Gasteiger partial charge in [0.25, 0.3) is 0 Å². The largest absolute Gasteiger partial charge is 0.406 e. The summed E-state index contributed by atoms with van der Waals surface area (Å²) in [6, 6.07) is 8.89. The maximum atomic E-state index is 5.68. The fourth-order valence-corrected chi connectivity index (χ4v) is 1.99. The van der Waals surface area contributed by atoms with Crippen LogP contribution >= 0.6 is 0 Å². The Hall–Kier alpha value is -1.88. The van der Waals surface area contributed by atoms with Gasteiger partial charge in [0.2, 0.25) is 5.89 Å². The van der Waals surface area contributed by atoms with Crippen molar-refractivity contribution < 1.29 is 4.42 Å². The second-order valence-corrected chi connectivity index (χ2v) is 5.58. The lowest BCUT2D eigenvalue weighted by Gasteiger charge is -2.14. The van der Waals surface area contributed by atoms with Crippen molar-refractivity contribution in [2.45, 2.75) is 33.7 Å². The van der Waals surface area contributed by atoms with Crippen LogP contribution in [-0.2, 0) is 13.0 Å². The number of rotatable bonds is 7. The summed E-state index contributed by atoms with van der Waals surface area (Å²) in [6.07, 6.45) is 1.04. The number of aromatic nitrogens is 2. The molecule has 0 aliphatic rings. The van der Waals surface area contributed by atoms with Crippen molar-refractivity contribution in [2.24, 2.45) is 5.92 Å². The highest BCUT2D eigenvalue weighted by molar-refractivity contribution is 5.55. The first kappa shape index (κ1) is 15.5. The Morgan fingerprint density at radius 1 is 1.19 bits per heavy atom. The maximum Gasteiger partial charge on any atom is 0.322 e. The Morgan fingerprint density at radius 2 is 1.90 bits per heavy atom. The van der Waals surface area contributed by atoms with Crippen LogP contribution in [0.5, 0.6) is 0 Å². The van der Waals surface area contributed by atoms with Gasteiger partial charge in [-0.25, -0.2) is 0 Å². The number of nitrogens with zero attached hydrogens (tertiary/aromatic N) is 3. The van der Waals surface area contributed by atoms with Crippen molar-refractivity contribution in [3.63, 3.8) is 0 Å². The van der Waals surface area contributed by atoms with Gasteiger partial charge in [-0.15, -0.1) is 5.10 Å². The molecule has 0 aliphatic heterocycles. The summed E-state index contributed by atoms with van der Waals surface area (Å²) < 4.78 is 5.68. The summed E-state index contributed by atoms with van der Waals surface area (Å²) in [5.74, 6) is 1.22. The molecule has 0 unspecified atom stereocenters. The van der Waals surface area contributed by atoms with Crippen molar-refractivity contribution in [2.75, 3.05) is 18.5 Å². The number of anilines is 2. The highest BCUT2D eigenvalue weighted by Crippen LogP contribution is 2.22. The summed E-state index contributed by atoms with van der Waals surface area (Å²) in [5.41, 5.74) is 2.36. The molecule has 1 N–H and O–H groups in total. The van der Waals surface area contributed by atoms with Gasteiger partial charge >= 0.3 is 6.01 Å². The predicted octanol–water partition coefficient (Wildman–Crippen LogP) is 3.15. The van der Waals surface area contributed by atoms with E-state index in [-0.39, 0.29) is 0 Å². The molecular weight excluding hydrogens is 264 g/mol. The Bertz CT molecular complexity index is 548. The molecule has 0 atom stereocenters. The van der Waals surface area contributed by atoms with Crippen molar-refractivity contribution in [1.29, 1.82) is 0 Å². The lowest BCUT2D eigenvalue weighted by Crippen LogP contribution is -2.19. The molecule has 0 fully saturated rings. The number of aryl methyl sites for hydroxylation is 1. The standard InChI is InChI=1S/C16H24N4O/c1-5-13-6-8-14(9-7-13)20(4)16-19-18-15(21-16)11-17-10-12(2)3/h6-9,12,17H,5,10-11H2,1-4H3. The van der Waals surface area contributed by atoms with E-state index in [0.29, 0.717) is 24.4 Å². The zero-order chi connectivity index (χ0) is 15.2. The number of benzene rings is 1. The smallest absolute Gasteiger partial charge is 0.322 e. The molecule has 0 bridgehead atoms. The maximum absolute atomic E-state index is 5.68. The van der Waals surface area contributed by atoms with Crippen LogP contribution in [0.25, 0.3) is 0 Å². The van der Waals surface area contributed by atoms with Gasteiger partial charge in [0.15, 0.2) is 0 Å². The van der Waals surface area contributed by atoms with E-state index < -0.39 is 0 Å².